The van der Waals surface area contributed by atoms with Crippen LogP contribution in [0.1, 0.15) is 36.5 Å². The smallest absolute Gasteiger partial charge is 0.254 e. The van der Waals surface area contributed by atoms with Crippen LogP contribution in [0, 0.1) is 0 Å². The minimum absolute atomic E-state index is 0.0419. The van der Waals surface area contributed by atoms with E-state index in [4.69, 9.17) is 15.2 Å². The van der Waals surface area contributed by atoms with E-state index in [-0.39, 0.29) is 24.6 Å². The lowest BCUT2D eigenvalue weighted by atomic mass is 10.1. The number of carbonyl (C=O) groups is 2. The Morgan fingerprint density at radius 2 is 2.17 bits per heavy atom. The first-order chi connectivity index (χ1) is 11.6. The number of hydrogen-bond donors (Lipinski definition) is 2. The van der Waals surface area contributed by atoms with Gasteiger partial charge in [-0.25, -0.2) is 0 Å². The third-order valence-electron chi connectivity index (χ3n) is 4.33. The maximum absolute atomic E-state index is 12.8. The molecule has 1 fully saturated rings. The lowest BCUT2D eigenvalue weighted by Gasteiger charge is -2.24. The van der Waals surface area contributed by atoms with Gasteiger partial charge in [0.15, 0.2) is 11.5 Å². The van der Waals surface area contributed by atoms with E-state index >= 15 is 0 Å². The van der Waals surface area contributed by atoms with E-state index in [2.05, 4.69) is 5.32 Å². The molecule has 2 aliphatic rings. The minimum atomic E-state index is -0.420. The van der Waals surface area contributed by atoms with Crippen molar-refractivity contribution in [1.82, 2.24) is 10.2 Å². The van der Waals surface area contributed by atoms with Crippen LogP contribution >= 0.6 is 0 Å². The molecule has 0 spiro atoms. The standard InChI is InChI=1S/C17H23N3O4/c1-11(18)6-7-19-16(21)13-3-2-8-20(13)17(22)12-4-5-14-15(9-12)24-10-23-14/h4-5,9,11,13H,2-3,6-8,10,18H2,1H3,(H,19,21). The maximum Gasteiger partial charge on any atom is 0.254 e. The summed E-state index contributed by atoms with van der Waals surface area (Å²) in [6, 6.07) is 4.73. The Morgan fingerprint density at radius 3 is 2.96 bits per heavy atom. The summed E-state index contributed by atoms with van der Waals surface area (Å²) in [5.74, 6) is 0.941. The highest BCUT2D eigenvalue weighted by Gasteiger charge is 2.34. The quantitative estimate of drug-likeness (QED) is 0.834. The molecule has 0 bridgehead atoms. The van der Waals surface area contributed by atoms with E-state index in [1.807, 2.05) is 6.92 Å². The number of likely N-dealkylation sites (tertiary alicyclic amines) is 1. The van der Waals surface area contributed by atoms with Crippen molar-refractivity contribution < 1.29 is 19.1 Å². The summed E-state index contributed by atoms with van der Waals surface area (Å²) in [5.41, 5.74) is 6.20. The van der Waals surface area contributed by atoms with Gasteiger partial charge in [0, 0.05) is 24.7 Å². The molecule has 1 saturated heterocycles. The van der Waals surface area contributed by atoms with Gasteiger partial charge in [0.25, 0.3) is 5.91 Å². The number of carbonyl (C=O) groups excluding carboxylic acids is 2. The highest BCUT2D eigenvalue weighted by atomic mass is 16.7. The highest BCUT2D eigenvalue weighted by Crippen LogP contribution is 2.33. The van der Waals surface area contributed by atoms with Crippen LogP contribution < -0.4 is 20.5 Å². The van der Waals surface area contributed by atoms with Gasteiger partial charge in [0.05, 0.1) is 0 Å². The van der Waals surface area contributed by atoms with Gasteiger partial charge in [0.2, 0.25) is 12.7 Å². The summed E-state index contributed by atoms with van der Waals surface area (Å²) in [6.45, 7) is 3.18. The molecular weight excluding hydrogens is 310 g/mol. The van der Waals surface area contributed by atoms with Crippen LogP contribution in [0.2, 0.25) is 0 Å². The average molecular weight is 333 g/mol. The van der Waals surface area contributed by atoms with Gasteiger partial charge in [0.1, 0.15) is 6.04 Å². The lowest BCUT2D eigenvalue weighted by Crippen LogP contribution is -2.46. The van der Waals surface area contributed by atoms with Crippen LogP contribution in [0.3, 0.4) is 0 Å². The van der Waals surface area contributed by atoms with Crippen molar-refractivity contribution in [3.8, 4) is 11.5 Å². The largest absolute Gasteiger partial charge is 0.454 e. The van der Waals surface area contributed by atoms with E-state index in [9.17, 15) is 9.59 Å². The number of fused-ring (bicyclic) bond motifs is 1. The van der Waals surface area contributed by atoms with Crippen molar-refractivity contribution in [1.29, 1.82) is 0 Å². The molecule has 24 heavy (non-hydrogen) atoms. The predicted molar refractivity (Wildman–Crippen MR) is 87.9 cm³/mol. The number of benzene rings is 1. The van der Waals surface area contributed by atoms with Crippen LogP contribution in [0.15, 0.2) is 18.2 Å². The van der Waals surface area contributed by atoms with E-state index in [1.165, 1.54) is 0 Å². The summed E-state index contributed by atoms with van der Waals surface area (Å²) in [5, 5.41) is 2.88. The van der Waals surface area contributed by atoms with Crippen molar-refractivity contribution >= 4 is 11.8 Å². The summed E-state index contributed by atoms with van der Waals surface area (Å²) in [6.07, 6.45) is 2.22. The van der Waals surface area contributed by atoms with Gasteiger partial charge >= 0.3 is 0 Å². The Morgan fingerprint density at radius 1 is 1.38 bits per heavy atom. The molecule has 1 aromatic carbocycles. The van der Waals surface area contributed by atoms with Gasteiger partial charge in [-0.15, -0.1) is 0 Å². The van der Waals surface area contributed by atoms with Crippen LogP contribution in [0.4, 0.5) is 0 Å². The van der Waals surface area contributed by atoms with Gasteiger partial charge in [-0.05, 0) is 44.4 Å². The molecule has 7 heteroatoms. The molecule has 2 aliphatic heterocycles. The van der Waals surface area contributed by atoms with Gasteiger partial charge in [-0.1, -0.05) is 0 Å². The van der Waals surface area contributed by atoms with Crippen molar-refractivity contribution in [3.05, 3.63) is 23.8 Å². The molecule has 1 aromatic rings. The monoisotopic (exact) mass is 333 g/mol. The molecule has 0 aliphatic carbocycles. The molecule has 0 aromatic heterocycles. The Bertz CT molecular complexity index is 632. The first-order valence-corrected chi connectivity index (χ1v) is 8.30. The Labute approximate surface area is 141 Å². The van der Waals surface area contributed by atoms with Crippen molar-refractivity contribution in [2.45, 2.75) is 38.3 Å². The maximum atomic E-state index is 12.8. The second-order valence-corrected chi connectivity index (χ2v) is 6.28. The number of amides is 2. The first kappa shape index (κ1) is 16.6. The fraction of sp³-hybridized carbons (Fsp3) is 0.529. The van der Waals surface area contributed by atoms with Crippen LogP contribution in [-0.4, -0.2) is 48.7 Å². The predicted octanol–water partition coefficient (Wildman–Crippen LogP) is 0.873. The second kappa shape index (κ2) is 7.09. The summed E-state index contributed by atoms with van der Waals surface area (Å²) in [7, 11) is 0. The number of hydrogen-bond acceptors (Lipinski definition) is 5. The third kappa shape index (κ3) is 3.46. The van der Waals surface area contributed by atoms with Crippen molar-refractivity contribution in [2.75, 3.05) is 19.9 Å². The highest BCUT2D eigenvalue weighted by molar-refractivity contribution is 5.98. The van der Waals surface area contributed by atoms with E-state index < -0.39 is 6.04 Å². The Balaban J connectivity index is 1.66. The minimum Gasteiger partial charge on any atom is -0.454 e. The molecule has 0 radical (unpaired) electrons. The molecule has 2 unspecified atom stereocenters. The summed E-state index contributed by atoms with van der Waals surface area (Å²) in [4.78, 5) is 26.8. The number of nitrogens with zero attached hydrogens (tertiary/aromatic N) is 1. The fourth-order valence-corrected chi connectivity index (χ4v) is 3.02. The SMILES string of the molecule is CC(N)CCNC(=O)C1CCCN1C(=O)c1ccc2c(c1)OCO2. The number of nitrogens with two attached hydrogens (primary N) is 1. The molecule has 2 atom stereocenters. The first-order valence-electron chi connectivity index (χ1n) is 8.30. The zero-order chi connectivity index (χ0) is 17.1. The lowest BCUT2D eigenvalue weighted by molar-refractivity contribution is -0.124. The molecule has 3 rings (SSSR count). The zero-order valence-electron chi connectivity index (χ0n) is 13.8. The van der Waals surface area contributed by atoms with E-state index in [0.717, 1.165) is 6.42 Å². The third-order valence-corrected chi connectivity index (χ3v) is 4.33. The number of ether oxygens (including phenoxy) is 2. The van der Waals surface area contributed by atoms with E-state index in [0.29, 0.717) is 43.0 Å². The number of nitrogens with one attached hydrogen (secondary N) is 1. The average Bonchev–Trinajstić information content (AvgIpc) is 3.22. The van der Waals surface area contributed by atoms with Crippen molar-refractivity contribution in [3.63, 3.8) is 0 Å². The zero-order valence-corrected chi connectivity index (χ0v) is 13.8. The fourth-order valence-electron chi connectivity index (χ4n) is 3.02. The Hall–Kier alpha value is -2.28. The summed E-state index contributed by atoms with van der Waals surface area (Å²) >= 11 is 0. The topological polar surface area (TPSA) is 93.9 Å². The van der Waals surface area contributed by atoms with Gasteiger partial charge in [-0.3, -0.25) is 9.59 Å². The molecular formula is C17H23N3O4. The summed E-state index contributed by atoms with van der Waals surface area (Å²) < 4.78 is 10.6. The molecule has 2 heterocycles. The molecule has 130 valence electrons. The van der Waals surface area contributed by atoms with Crippen molar-refractivity contribution in [2.24, 2.45) is 5.73 Å². The molecule has 7 nitrogen and oxygen atoms in total. The van der Waals surface area contributed by atoms with Crippen LogP contribution in [-0.2, 0) is 4.79 Å². The molecule has 2 amide bonds. The van der Waals surface area contributed by atoms with Crippen LogP contribution in [0.5, 0.6) is 11.5 Å². The van der Waals surface area contributed by atoms with E-state index in [1.54, 1.807) is 23.1 Å². The number of rotatable bonds is 5. The van der Waals surface area contributed by atoms with Gasteiger partial charge in [-0.2, -0.15) is 0 Å². The molecule has 0 saturated carbocycles. The van der Waals surface area contributed by atoms with Gasteiger partial charge < -0.3 is 25.4 Å². The molecule has 3 N–H and O–H groups in total. The second-order valence-electron chi connectivity index (χ2n) is 6.28. The Kier molecular flexibility index (Phi) is 4.89. The normalized spacial score (nSPS) is 20.1. The van der Waals surface area contributed by atoms with Crippen LogP contribution in [0.25, 0.3) is 0 Å².